The Labute approximate surface area is 119 Å². The van der Waals surface area contributed by atoms with Crippen LogP contribution in [0, 0.1) is 6.92 Å². The molecule has 1 aliphatic carbocycles. The number of ether oxygens (including phenoxy) is 1. The minimum Gasteiger partial charge on any atom is -0.439 e. The Morgan fingerprint density at radius 3 is 2.50 bits per heavy atom. The van der Waals surface area contributed by atoms with Gasteiger partial charge in [0.2, 0.25) is 5.88 Å². The Kier molecular flexibility index (Phi) is 3.30. The van der Waals surface area contributed by atoms with Crippen LogP contribution in [0.3, 0.4) is 0 Å². The third-order valence-corrected chi connectivity index (χ3v) is 3.64. The molecule has 0 bridgehead atoms. The zero-order valence-electron chi connectivity index (χ0n) is 11.9. The molecule has 0 saturated heterocycles. The highest BCUT2D eigenvalue weighted by Crippen LogP contribution is 2.40. The summed E-state index contributed by atoms with van der Waals surface area (Å²) in [4.78, 5) is 8.87. The van der Waals surface area contributed by atoms with Gasteiger partial charge >= 0.3 is 0 Å². The number of anilines is 1. The van der Waals surface area contributed by atoms with Gasteiger partial charge in [-0.05, 0) is 43.9 Å². The lowest BCUT2D eigenvalue weighted by Crippen LogP contribution is -2.04. The molecule has 0 spiro atoms. The Morgan fingerprint density at radius 1 is 1.20 bits per heavy atom. The van der Waals surface area contributed by atoms with Crippen molar-refractivity contribution >= 4 is 5.82 Å². The third-order valence-electron chi connectivity index (χ3n) is 3.64. The molecule has 3 rings (SSSR count). The van der Waals surface area contributed by atoms with E-state index in [1.807, 2.05) is 19.1 Å². The van der Waals surface area contributed by atoms with Crippen LogP contribution in [0.1, 0.15) is 42.6 Å². The van der Waals surface area contributed by atoms with Crippen molar-refractivity contribution in [3.63, 3.8) is 0 Å². The zero-order chi connectivity index (χ0) is 14.1. The molecular formula is C16H19N3O. The molecule has 0 aliphatic heterocycles. The topological polar surface area (TPSA) is 61.0 Å². The van der Waals surface area contributed by atoms with Gasteiger partial charge in [-0.15, -0.1) is 0 Å². The summed E-state index contributed by atoms with van der Waals surface area (Å²) in [6.45, 7) is 4.02. The van der Waals surface area contributed by atoms with Crippen LogP contribution in [0.5, 0.6) is 11.6 Å². The van der Waals surface area contributed by atoms with Crippen LogP contribution in [0.2, 0.25) is 0 Å². The molecule has 1 fully saturated rings. The van der Waals surface area contributed by atoms with Gasteiger partial charge in [-0.2, -0.15) is 4.98 Å². The summed E-state index contributed by atoms with van der Waals surface area (Å²) in [6.07, 6.45) is 3.31. The van der Waals surface area contributed by atoms with Crippen molar-refractivity contribution in [2.75, 3.05) is 5.73 Å². The summed E-state index contributed by atoms with van der Waals surface area (Å²) in [5, 5.41) is 0. The van der Waals surface area contributed by atoms with Crippen molar-refractivity contribution in [2.45, 2.75) is 39.0 Å². The first-order chi connectivity index (χ1) is 9.67. The smallest absolute Gasteiger partial charge is 0.227 e. The highest BCUT2D eigenvalue weighted by Gasteiger charge is 2.28. The normalized spacial score (nSPS) is 14.3. The first kappa shape index (κ1) is 12.9. The Morgan fingerprint density at radius 2 is 1.90 bits per heavy atom. The largest absolute Gasteiger partial charge is 0.439 e. The van der Waals surface area contributed by atoms with Gasteiger partial charge in [0, 0.05) is 5.92 Å². The summed E-state index contributed by atoms with van der Waals surface area (Å²) < 4.78 is 5.88. The lowest BCUT2D eigenvalue weighted by atomic mass is 10.2. The second-order valence-electron chi connectivity index (χ2n) is 5.27. The fraction of sp³-hybridized carbons (Fsp3) is 0.375. The van der Waals surface area contributed by atoms with Crippen LogP contribution in [0.25, 0.3) is 0 Å². The molecule has 2 aromatic rings. The number of aromatic nitrogens is 2. The van der Waals surface area contributed by atoms with Crippen molar-refractivity contribution in [2.24, 2.45) is 0 Å². The number of nitrogens with two attached hydrogens (primary N) is 1. The van der Waals surface area contributed by atoms with Crippen molar-refractivity contribution in [1.29, 1.82) is 0 Å². The summed E-state index contributed by atoms with van der Waals surface area (Å²) in [7, 11) is 0. The molecule has 2 N–H and O–H groups in total. The fourth-order valence-corrected chi connectivity index (χ4v) is 2.06. The SMILES string of the molecule is CCc1ccc(Oc2nc(C3CC3)nc(N)c2C)cc1. The van der Waals surface area contributed by atoms with Crippen LogP contribution < -0.4 is 10.5 Å². The standard InChI is InChI=1S/C16H19N3O/c1-3-11-4-8-13(9-5-11)20-16-10(2)14(17)18-15(19-16)12-6-7-12/h4-5,8-9,12H,3,6-7H2,1-2H3,(H2,17,18,19). The molecule has 4 nitrogen and oxygen atoms in total. The minimum absolute atomic E-state index is 0.461. The van der Waals surface area contributed by atoms with Crippen LogP contribution in [0.15, 0.2) is 24.3 Å². The number of hydrogen-bond acceptors (Lipinski definition) is 4. The molecule has 0 radical (unpaired) electrons. The van der Waals surface area contributed by atoms with Crippen molar-refractivity contribution in [3.05, 3.63) is 41.2 Å². The Balaban J connectivity index is 1.88. The van der Waals surface area contributed by atoms with E-state index in [9.17, 15) is 0 Å². The predicted molar refractivity (Wildman–Crippen MR) is 79.1 cm³/mol. The van der Waals surface area contributed by atoms with Gasteiger partial charge in [0.15, 0.2) is 0 Å². The Hall–Kier alpha value is -2.10. The second-order valence-corrected chi connectivity index (χ2v) is 5.27. The zero-order valence-corrected chi connectivity index (χ0v) is 11.9. The van der Waals surface area contributed by atoms with Gasteiger partial charge < -0.3 is 10.5 Å². The predicted octanol–water partition coefficient (Wildman–Crippen LogP) is 3.60. The van der Waals surface area contributed by atoms with Crippen molar-refractivity contribution in [3.8, 4) is 11.6 Å². The number of aryl methyl sites for hydroxylation is 1. The Bertz CT molecular complexity index is 618. The molecule has 1 heterocycles. The van der Waals surface area contributed by atoms with Gasteiger partial charge in [0.05, 0.1) is 5.56 Å². The quantitative estimate of drug-likeness (QED) is 0.921. The molecule has 1 aliphatic rings. The molecule has 1 saturated carbocycles. The number of nitrogens with zero attached hydrogens (tertiary/aromatic N) is 2. The number of nitrogen functional groups attached to an aromatic ring is 1. The van der Waals surface area contributed by atoms with E-state index < -0.39 is 0 Å². The average Bonchev–Trinajstić information content (AvgIpc) is 3.29. The van der Waals surface area contributed by atoms with Gasteiger partial charge in [-0.1, -0.05) is 19.1 Å². The lowest BCUT2D eigenvalue weighted by Gasteiger charge is -2.11. The maximum atomic E-state index is 5.96. The molecule has 0 unspecified atom stereocenters. The van der Waals surface area contributed by atoms with Crippen LogP contribution >= 0.6 is 0 Å². The molecule has 0 amide bonds. The summed E-state index contributed by atoms with van der Waals surface area (Å²) >= 11 is 0. The molecule has 104 valence electrons. The molecule has 4 heteroatoms. The molecule has 1 aromatic heterocycles. The van der Waals surface area contributed by atoms with Crippen LogP contribution in [-0.4, -0.2) is 9.97 Å². The number of hydrogen-bond donors (Lipinski definition) is 1. The first-order valence-corrected chi connectivity index (χ1v) is 7.08. The summed E-state index contributed by atoms with van der Waals surface area (Å²) in [6, 6.07) is 8.06. The van der Waals surface area contributed by atoms with E-state index in [4.69, 9.17) is 10.5 Å². The maximum Gasteiger partial charge on any atom is 0.227 e. The van der Waals surface area contributed by atoms with E-state index in [-0.39, 0.29) is 0 Å². The molecule has 1 aromatic carbocycles. The van der Waals surface area contributed by atoms with E-state index in [0.717, 1.165) is 36.4 Å². The molecular weight excluding hydrogens is 250 g/mol. The van der Waals surface area contributed by atoms with E-state index in [1.165, 1.54) is 5.56 Å². The van der Waals surface area contributed by atoms with Gasteiger partial charge in [0.1, 0.15) is 17.4 Å². The lowest BCUT2D eigenvalue weighted by molar-refractivity contribution is 0.455. The monoisotopic (exact) mass is 269 g/mol. The summed E-state index contributed by atoms with van der Waals surface area (Å²) in [5.41, 5.74) is 8.04. The highest BCUT2D eigenvalue weighted by molar-refractivity contribution is 5.46. The van der Waals surface area contributed by atoms with E-state index >= 15 is 0 Å². The van der Waals surface area contributed by atoms with Crippen LogP contribution in [-0.2, 0) is 6.42 Å². The third kappa shape index (κ3) is 2.59. The maximum absolute atomic E-state index is 5.96. The summed E-state index contributed by atoms with van der Waals surface area (Å²) in [5.74, 6) is 3.15. The van der Waals surface area contributed by atoms with Gasteiger partial charge in [-0.3, -0.25) is 0 Å². The van der Waals surface area contributed by atoms with Crippen molar-refractivity contribution < 1.29 is 4.74 Å². The van der Waals surface area contributed by atoms with Gasteiger partial charge in [-0.25, -0.2) is 4.98 Å². The van der Waals surface area contributed by atoms with E-state index in [1.54, 1.807) is 0 Å². The van der Waals surface area contributed by atoms with E-state index in [2.05, 4.69) is 29.0 Å². The minimum atomic E-state index is 0.461. The molecule has 0 atom stereocenters. The first-order valence-electron chi connectivity index (χ1n) is 7.08. The number of benzene rings is 1. The number of rotatable bonds is 4. The fourth-order valence-electron chi connectivity index (χ4n) is 2.06. The average molecular weight is 269 g/mol. The molecule has 20 heavy (non-hydrogen) atoms. The highest BCUT2D eigenvalue weighted by atomic mass is 16.5. The van der Waals surface area contributed by atoms with Gasteiger partial charge in [0.25, 0.3) is 0 Å². The second kappa shape index (κ2) is 5.12. The van der Waals surface area contributed by atoms with E-state index in [0.29, 0.717) is 17.6 Å². The van der Waals surface area contributed by atoms with Crippen molar-refractivity contribution in [1.82, 2.24) is 9.97 Å². The van der Waals surface area contributed by atoms with Crippen LogP contribution in [0.4, 0.5) is 5.82 Å².